The molecule has 0 heterocycles. The van der Waals surface area contributed by atoms with Crippen LogP contribution in [-0.2, 0) is 9.59 Å². The Morgan fingerprint density at radius 3 is 2.50 bits per heavy atom. The minimum atomic E-state index is -0.286. The number of hydrogen-bond acceptors (Lipinski definition) is 2. The molecule has 0 radical (unpaired) electrons. The topological polar surface area (TPSA) is 34.1 Å². The van der Waals surface area contributed by atoms with E-state index in [4.69, 9.17) is 11.6 Å². The smallest absolute Gasteiger partial charge is 0.221 e. The summed E-state index contributed by atoms with van der Waals surface area (Å²) >= 11 is 5.08. The van der Waals surface area contributed by atoms with Crippen molar-refractivity contribution in [3.63, 3.8) is 0 Å². The molecule has 0 rings (SSSR count). The van der Waals surface area contributed by atoms with E-state index < -0.39 is 0 Å². The van der Waals surface area contributed by atoms with E-state index in [0.717, 1.165) is 25.5 Å². The van der Waals surface area contributed by atoms with Crippen molar-refractivity contribution in [1.29, 1.82) is 0 Å². The fraction of sp³-hybridized carbons (Fsp3) is 0.714. The Kier molecular flexibility index (Phi) is 6.50. The minimum Gasteiger partial charge on any atom is -0.303 e. The normalized spacial score (nSPS) is 9.30. The number of carbonyl (C=O) groups is 2. The molecule has 0 amide bonds. The fourth-order valence-corrected chi connectivity index (χ4v) is 0.802. The van der Waals surface area contributed by atoms with E-state index in [9.17, 15) is 9.59 Å². The van der Waals surface area contributed by atoms with Crippen molar-refractivity contribution in [2.45, 2.75) is 32.1 Å². The van der Waals surface area contributed by atoms with Crippen LogP contribution in [0.1, 0.15) is 32.1 Å². The third kappa shape index (κ3) is 7.63. The summed E-state index contributed by atoms with van der Waals surface area (Å²) in [5.74, 6) is 0. The summed E-state index contributed by atoms with van der Waals surface area (Å²) < 4.78 is 0. The zero-order valence-corrected chi connectivity index (χ0v) is 6.56. The van der Waals surface area contributed by atoms with Crippen molar-refractivity contribution in [3.8, 4) is 0 Å². The molecule has 0 aromatic rings. The highest BCUT2D eigenvalue weighted by molar-refractivity contribution is 6.63. The van der Waals surface area contributed by atoms with Crippen molar-refractivity contribution in [2.75, 3.05) is 0 Å². The van der Waals surface area contributed by atoms with Gasteiger partial charge in [-0.15, -0.1) is 0 Å². The first-order valence-electron chi connectivity index (χ1n) is 3.39. The first kappa shape index (κ1) is 9.63. The number of unbranched alkanes of at least 4 members (excludes halogenated alkanes) is 3. The number of halogens is 1. The number of carbonyl (C=O) groups excluding carboxylic acids is 2. The highest BCUT2D eigenvalue weighted by Crippen LogP contribution is 2.03. The lowest BCUT2D eigenvalue weighted by Crippen LogP contribution is -1.86. The predicted molar refractivity (Wildman–Crippen MR) is 40.0 cm³/mol. The highest BCUT2D eigenvalue weighted by atomic mass is 35.5. The van der Waals surface area contributed by atoms with Gasteiger partial charge in [0.1, 0.15) is 6.29 Å². The van der Waals surface area contributed by atoms with Crippen LogP contribution in [0.3, 0.4) is 0 Å². The van der Waals surface area contributed by atoms with Crippen molar-refractivity contribution < 1.29 is 9.59 Å². The van der Waals surface area contributed by atoms with E-state index in [1.54, 1.807) is 0 Å². The SMILES string of the molecule is O=CCCCCCC(=O)Cl. The lowest BCUT2D eigenvalue weighted by Gasteiger charge is -1.92. The Labute approximate surface area is 65.6 Å². The van der Waals surface area contributed by atoms with Crippen molar-refractivity contribution in [3.05, 3.63) is 0 Å². The quantitative estimate of drug-likeness (QED) is 0.340. The molecule has 58 valence electrons. The van der Waals surface area contributed by atoms with Gasteiger partial charge in [0.05, 0.1) is 0 Å². The molecule has 0 aliphatic heterocycles. The first-order valence-corrected chi connectivity index (χ1v) is 3.77. The Bertz CT molecular complexity index is 112. The van der Waals surface area contributed by atoms with E-state index in [0.29, 0.717) is 12.8 Å². The third-order valence-electron chi connectivity index (χ3n) is 1.20. The molecule has 0 saturated heterocycles. The molecule has 0 aromatic carbocycles. The molecular formula is C7H11ClO2. The van der Waals surface area contributed by atoms with Crippen LogP contribution < -0.4 is 0 Å². The van der Waals surface area contributed by atoms with Gasteiger partial charge in [0.15, 0.2) is 0 Å². The molecule has 0 atom stereocenters. The van der Waals surface area contributed by atoms with Gasteiger partial charge in [-0.25, -0.2) is 0 Å². The Balaban J connectivity index is 2.90. The van der Waals surface area contributed by atoms with Gasteiger partial charge in [-0.2, -0.15) is 0 Å². The second kappa shape index (κ2) is 6.75. The van der Waals surface area contributed by atoms with Crippen LogP contribution in [0.25, 0.3) is 0 Å². The number of rotatable bonds is 6. The Morgan fingerprint density at radius 2 is 2.00 bits per heavy atom. The van der Waals surface area contributed by atoms with E-state index >= 15 is 0 Å². The van der Waals surface area contributed by atoms with Gasteiger partial charge in [-0.05, 0) is 24.4 Å². The van der Waals surface area contributed by atoms with Gasteiger partial charge in [-0.3, -0.25) is 4.79 Å². The number of aldehydes is 1. The molecule has 0 aliphatic rings. The predicted octanol–water partition coefficient (Wildman–Crippen LogP) is 1.90. The lowest BCUT2D eigenvalue weighted by molar-refractivity contribution is -0.111. The van der Waals surface area contributed by atoms with Gasteiger partial charge in [0.25, 0.3) is 0 Å². The highest BCUT2D eigenvalue weighted by Gasteiger charge is 1.94. The van der Waals surface area contributed by atoms with Crippen LogP contribution in [0.4, 0.5) is 0 Å². The largest absolute Gasteiger partial charge is 0.303 e. The fourth-order valence-electron chi connectivity index (χ4n) is 0.668. The summed E-state index contributed by atoms with van der Waals surface area (Å²) in [5, 5.41) is -0.286. The number of hydrogen-bond donors (Lipinski definition) is 0. The Morgan fingerprint density at radius 1 is 1.30 bits per heavy atom. The molecule has 3 heteroatoms. The van der Waals surface area contributed by atoms with Crippen LogP contribution >= 0.6 is 11.6 Å². The van der Waals surface area contributed by atoms with Gasteiger partial charge >= 0.3 is 0 Å². The molecule has 10 heavy (non-hydrogen) atoms. The maximum atomic E-state index is 10.2. The summed E-state index contributed by atoms with van der Waals surface area (Å²) in [4.78, 5) is 20.0. The maximum absolute atomic E-state index is 10.2. The van der Waals surface area contributed by atoms with E-state index in [1.807, 2.05) is 0 Å². The van der Waals surface area contributed by atoms with E-state index in [-0.39, 0.29) is 5.24 Å². The molecule has 0 aliphatic carbocycles. The molecule has 2 nitrogen and oxygen atoms in total. The molecule has 0 aromatic heterocycles. The summed E-state index contributed by atoms with van der Waals surface area (Å²) in [5.41, 5.74) is 0. The molecule has 0 spiro atoms. The third-order valence-corrected chi connectivity index (χ3v) is 1.38. The standard InChI is InChI=1S/C7H11ClO2/c8-7(10)5-3-1-2-4-6-9/h6H,1-5H2. The zero-order chi connectivity index (χ0) is 7.82. The summed E-state index contributed by atoms with van der Waals surface area (Å²) in [6.45, 7) is 0. The molecule has 0 bridgehead atoms. The lowest BCUT2D eigenvalue weighted by atomic mass is 10.2. The first-order chi connectivity index (χ1) is 4.77. The van der Waals surface area contributed by atoms with Crippen LogP contribution in [0.5, 0.6) is 0 Å². The van der Waals surface area contributed by atoms with E-state index in [1.165, 1.54) is 0 Å². The van der Waals surface area contributed by atoms with E-state index in [2.05, 4.69) is 0 Å². The van der Waals surface area contributed by atoms with Crippen LogP contribution in [0.2, 0.25) is 0 Å². The summed E-state index contributed by atoms with van der Waals surface area (Å²) in [7, 11) is 0. The second-order valence-corrected chi connectivity index (χ2v) is 2.54. The Hall–Kier alpha value is -0.370. The zero-order valence-electron chi connectivity index (χ0n) is 5.81. The molecule has 0 saturated carbocycles. The van der Waals surface area contributed by atoms with Gasteiger partial charge < -0.3 is 4.79 Å². The molecule has 0 unspecified atom stereocenters. The van der Waals surface area contributed by atoms with Crippen LogP contribution in [0.15, 0.2) is 0 Å². The van der Waals surface area contributed by atoms with Gasteiger partial charge in [0, 0.05) is 12.8 Å². The van der Waals surface area contributed by atoms with Gasteiger partial charge in [-0.1, -0.05) is 6.42 Å². The van der Waals surface area contributed by atoms with Crippen molar-refractivity contribution in [2.24, 2.45) is 0 Å². The second-order valence-electron chi connectivity index (χ2n) is 2.12. The average molecular weight is 163 g/mol. The molecular weight excluding hydrogens is 152 g/mol. The maximum Gasteiger partial charge on any atom is 0.221 e. The summed E-state index contributed by atoms with van der Waals surface area (Å²) in [6, 6.07) is 0. The van der Waals surface area contributed by atoms with Crippen LogP contribution in [0, 0.1) is 0 Å². The minimum absolute atomic E-state index is 0.286. The average Bonchev–Trinajstić information content (AvgIpc) is 1.87. The van der Waals surface area contributed by atoms with Gasteiger partial charge in [0.2, 0.25) is 5.24 Å². The van der Waals surface area contributed by atoms with Crippen molar-refractivity contribution >= 4 is 23.1 Å². The van der Waals surface area contributed by atoms with Crippen LogP contribution in [-0.4, -0.2) is 11.5 Å². The molecule has 0 fully saturated rings. The summed E-state index contributed by atoms with van der Waals surface area (Å²) in [6.07, 6.45) is 4.50. The molecule has 0 N–H and O–H groups in total. The monoisotopic (exact) mass is 162 g/mol. The van der Waals surface area contributed by atoms with Crippen molar-refractivity contribution in [1.82, 2.24) is 0 Å².